The molecular formula is C24H24N2O3. The third-order valence-electron chi connectivity index (χ3n) is 4.35. The second-order valence-corrected chi connectivity index (χ2v) is 6.43. The van der Waals surface area contributed by atoms with Crippen molar-refractivity contribution in [3.8, 4) is 5.75 Å². The maximum Gasteiger partial charge on any atom is 0.268 e. The number of benzene rings is 2. The number of hydrogen-bond acceptors (Lipinski definition) is 3. The molecule has 5 nitrogen and oxygen atoms in total. The summed E-state index contributed by atoms with van der Waals surface area (Å²) in [6, 6.07) is 22.1. The van der Waals surface area contributed by atoms with Crippen molar-refractivity contribution in [2.24, 2.45) is 0 Å². The van der Waals surface area contributed by atoms with Gasteiger partial charge < -0.3 is 10.1 Å². The Morgan fingerprint density at radius 2 is 1.72 bits per heavy atom. The van der Waals surface area contributed by atoms with Gasteiger partial charge in [0.15, 0.2) is 0 Å². The Kier molecular flexibility index (Phi) is 7.00. The highest BCUT2D eigenvalue weighted by atomic mass is 16.5. The number of hydrogen-bond donors (Lipinski definition) is 1. The summed E-state index contributed by atoms with van der Waals surface area (Å²) >= 11 is 0. The Bertz CT molecular complexity index is 1020. The molecule has 29 heavy (non-hydrogen) atoms. The van der Waals surface area contributed by atoms with Gasteiger partial charge in [0, 0.05) is 18.8 Å². The lowest BCUT2D eigenvalue weighted by atomic mass is 10.1. The Hall–Kier alpha value is -3.60. The Morgan fingerprint density at radius 1 is 1.00 bits per heavy atom. The Balaban J connectivity index is 1.82. The average Bonchev–Trinajstić information content (AvgIpc) is 2.75. The summed E-state index contributed by atoms with van der Waals surface area (Å²) in [5, 5.41) is 2.92. The number of rotatable bonds is 8. The second kappa shape index (κ2) is 10.1. The lowest BCUT2D eigenvalue weighted by Gasteiger charge is -2.12. The van der Waals surface area contributed by atoms with Crippen molar-refractivity contribution >= 4 is 17.7 Å². The van der Waals surface area contributed by atoms with Crippen LogP contribution < -0.4 is 15.6 Å². The zero-order chi connectivity index (χ0) is 20.5. The average molecular weight is 388 g/mol. The number of carbonyl (C=O) groups excluding carboxylic acids is 1. The molecule has 1 amide bonds. The highest BCUT2D eigenvalue weighted by molar-refractivity contribution is 6.18. The summed E-state index contributed by atoms with van der Waals surface area (Å²) in [5.74, 6) is 0.457. The maximum absolute atomic E-state index is 12.9. The summed E-state index contributed by atoms with van der Waals surface area (Å²) in [4.78, 5) is 25.2. The highest BCUT2D eigenvalue weighted by Crippen LogP contribution is 2.16. The molecule has 0 aliphatic carbocycles. The molecule has 0 bridgehead atoms. The third kappa shape index (κ3) is 5.69. The van der Waals surface area contributed by atoms with Crippen molar-refractivity contribution in [1.82, 2.24) is 9.88 Å². The maximum atomic E-state index is 12.9. The largest absolute Gasteiger partial charge is 0.494 e. The van der Waals surface area contributed by atoms with Crippen molar-refractivity contribution in [2.75, 3.05) is 13.2 Å². The molecule has 0 radical (unpaired) electrons. The number of aromatic nitrogens is 1. The minimum absolute atomic E-state index is 0.261. The van der Waals surface area contributed by atoms with Crippen LogP contribution in [0.1, 0.15) is 18.1 Å². The van der Waals surface area contributed by atoms with E-state index in [-0.39, 0.29) is 17.2 Å². The molecule has 1 N–H and O–H groups in total. The van der Waals surface area contributed by atoms with Crippen LogP contribution in [0.3, 0.4) is 0 Å². The normalized spacial score (nSPS) is 11.1. The first kappa shape index (κ1) is 20.1. The van der Waals surface area contributed by atoms with Crippen LogP contribution in [0.2, 0.25) is 0 Å². The molecule has 0 spiro atoms. The molecule has 0 saturated heterocycles. The summed E-state index contributed by atoms with van der Waals surface area (Å²) < 4.78 is 6.81. The summed E-state index contributed by atoms with van der Waals surface area (Å²) in [6.45, 7) is 2.99. The fourth-order valence-corrected chi connectivity index (χ4v) is 2.91. The fourth-order valence-electron chi connectivity index (χ4n) is 2.91. The van der Waals surface area contributed by atoms with Gasteiger partial charge in [0.25, 0.3) is 11.5 Å². The van der Waals surface area contributed by atoms with E-state index >= 15 is 0 Å². The van der Waals surface area contributed by atoms with Gasteiger partial charge in [-0.05, 0) is 48.7 Å². The molecule has 148 valence electrons. The molecule has 0 unspecified atom stereocenters. The van der Waals surface area contributed by atoms with Crippen molar-refractivity contribution in [3.05, 3.63) is 100 Å². The lowest BCUT2D eigenvalue weighted by molar-refractivity contribution is -0.115. The van der Waals surface area contributed by atoms with E-state index in [1.807, 2.05) is 61.5 Å². The van der Waals surface area contributed by atoms with E-state index < -0.39 is 0 Å². The topological polar surface area (TPSA) is 60.3 Å². The molecular weight excluding hydrogens is 364 g/mol. The van der Waals surface area contributed by atoms with E-state index in [9.17, 15) is 9.59 Å². The van der Waals surface area contributed by atoms with E-state index in [0.29, 0.717) is 19.6 Å². The van der Waals surface area contributed by atoms with Crippen LogP contribution >= 0.6 is 0 Å². The van der Waals surface area contributed by atoms with Gasteiger partial charge in [0.2, 0.25) is 0 Å². The molecule has 3 aromatic rings. The van der Waals surface area contributed by atoms with Gasteiger partial charge in [-0.2, -0.15) is 0 Å². The van der Waals surface area contributed by atoms with E-state index in [2.05, 4.69) is 5.32 Å². The minimum atomic E-state index is -0.303. The number of ether oxygens (including phenoxy) is 1. The van der Waals surface area contributed by atoms with Gasteiger partial charge >= 0.3 is 0 Å². The highest BCUT2D eigenvalue weighted by Gasteiger charge is 2.13. The minimum Gasteiger partial charge on any atom is -0.494 e. The first-order valence-corrected chi connectivity index (χ1v) is 9.62. The van der Waals surface area contributed by atoms with E-state index in [0.717, 1.165) is 16.9 Å². The number of nitrogens with one attached hydrogen (secondary N) is 1. The monoisotopic (exact) mass is 388 g/mol. The molecule has 0 atom stereocenters. The number of carbonyl (C=O) groups is 1. The van der Waals surface area contributed by atoms with E-state index in [1.165, 1.54) is 10.6 Å². The SMILES string of the molecule is CCOc1ccc(/C=C(\C(=O)NCCc2ccccc2)n2ccccc2=O)cc1. The van der Waals surface area contributed by atoms with Crippen molar-refractivity contribution in [2.45, 2.75) is 13.3 Å². The molecule has 0 saturated carbocycles. The zero-order valence-electron chi connectivity index (χ0n) is 16.4. The Labute approximate surface area is 170 Å². The predicted molar refractivity (Wildman–Crippen MR) is 116 cm³/mol. The van der Waals surface area contributed by atoms with Gasteiger partial charge in [-0.15, -0.1) is 0 Å². The first-order chi connectivity index (χ1) is 14.2. The fraction of sp³-hybridized carbons (Fsp3) is 0.167. The van der Waals surface area contributed by atoms with Crippen LogP contribution in [0.4, 0.5) is 0 Å². The predicted octanol–water partition coefficient (Wildman–Crippen LogP) is 3.60. The number of nitrogens with zero attached hydrogens (tertiary/aromatic N) is 1. The summed E-state index contributed by atoms with van der Waals surface area (Å²) in [6.07, 6.45) is 4.01. The summed E-state index contributed by atoms with van der Waals surface area (Å²) in [5.41, 5.74) is 1.95. The van der Waals surface area contributed by atoms with Crippen molar-refractivity contribution in [1.29, 1.82) is 0 Å². The van der Waals surface area contributed by atoms with Crippen LogP contribution in [0.5, 0.6) is 5.75 Å². The smallest absolute Gasteiger partial charge is 0.268 e. The van der Waals surface area contributed by atoms with Gasteiger partial charge in [-0.3, -0.25) is 14.2 Å². The third-order valence-corrected chi connectivity index (χ3v) is 4.35. The molecule has 0 aliphatic heterocycles. The Morgan fingerprint density at radius 3 is 2.41 bits per heavy atom. The van der Waals surface area contributed by atoms with Crippen LogP contribution in [0.15, 0.2) is 83.8 Å². The number of amides is 1. The zero-order valence-corrected chi connectivity index (χ0v) is 16.4. The van der Waals surface area contributed by atoms with Crippen molar-refractivity contribution in [3.63, 3.8) is 0 Å². The molecule has 5 heteroatoms. The van der Waals surface area contributed by atoms with Crippen molar-refractivity contribution < 1.29 is 9.53 Å². The van der Waals surface area contributed by atoms with Crippen LogP contribution in [-0.2, 0) is 11.2 Å². The second-order valence-electron chi connectivity index (χ2n) is 6.43. The van der Waals surface area contributed by atoms with E-state index in [4.69, 9.17) is 4.74 Å². The molecule has 1 aromatic heterocycles. The van der Waals surface area contributed by atoms with Crippen LogP contribution in [-0.4, -0.2) is 23.6 Å². The molecule has 3 rings (SSSR count). The standard InChI is InChI=1S/C24H24N2O3/c1-2-29-21-13-11-20(12-14-21)18-22(26-17-7-6-10-23(26)27)24(28)25-16-15-19-8-4-3-5-9-19/h3-14,17-18H,2,15-16H2,1H3,(H,25,28)/b22-18+. The number of pyridine rings is 1. The van der Waals surface area contributed by atoms with E-state index in [1.54, 1.807) is 24.4 Å². The van der Waals surface area contributed by atoms with Gasteiger partial charge in [0.1, 0.15) is 11.4 Å². The van der Waals surface area contributed by atoms with Crippen LogP contribution in [0.25, 0.3) is 11.8 Å². The molecule has 0 aliphatic rings. The van der Waals surface area contributed by atoms with Gasteiger partial charge in [-0.25, -0.2) is 0 Å². The quantitative estimate of drug-likeness (QED) is 0.600. The molecule has 1 heterocycles. The molecule has 0 fully saturated rings. The first-order valence-electron chi connectivity index (χ1n) is 9.62. The molecule has 2 aromatic carbocycles. The van der Waals surface area contributed by atoms with Crippen LogP contribution in [0, 0.1) is 0 Å². The summed E-state index contributed by atoms with van der Waals surface area (Å²) in [7, 11) is 0. The lowest BCUT2D eigenvalue weighted by Crippen LogP contribution is -2.31. The van der Waals surface area contributed by atoms with Gasteiger partial charge in [-0.1, -0.05) is 48.5 Å². The van der Waals surface area contributed by atoms with Gasteiger partial charge in [0.05, 0.1) is 6.61 Å².